The fraction of sp³-hybridized carbons (Fsp3) is 0. The molecule has 0 N–H and O–H groups in total. The summed E-state index contributed by atoms with van der Waals surface area (Å²) >= 11 is 0. The summed E-state index contributed by atoms with van der Waals surface area (Å²) in [5.41, 5.74) is 2.16. The minimum Gasteiger partial charge on any atom is -0.192 e. The molecule has 0 radical (unpaired) electrons. The molecule has 4 heteroatoms. The average Bonchev–Trinajstić information content (AvgIpc) is 2.91. The van der Waals surface area contributed by atoms with Crippen molar-refractivity contribution in [1.29, 1.82) is 21.0 Å². The first-order valence-electron chi connectivity index (χ1n) is 10.6. The van der Waals surface area contributed by atoms with E-state index >= 15 is 0 Å². The third kappa shape index (κ3) is 2.55. The summed E-state index contributed by atoms with van der Waals surface area (Å²) in [7, 11) is 0. The Hall–Kier alpha value is -5.42. The molecule has 0 saturated heterocycles. The van der Waals surface area contributed by atoms with Crippen LogP contribution in [0.4, 0.5) is 0 Å². The lowest BCUT2D eigenvalue weighted by molar-refractivity contribution is 1.49. The van der Waals surface area contributed by atoms with Crippen molar-refractivity contribution in [3.63, 3.8) is 0 Å². The second-order valence-corrected chi connectivity index (χ2v) is 8.24. The molecular weight excluding hydrogens is 416 g/mol. The number of rotatable bonds is 0. The predicted octanol–water partition coefficient (Wildman–Crippen LogP) is 6.94. The number of hydrogen-bond acceptors (Lipinski definition) is 4. The lowest BCUT2D eigenvalue weighted by Crippen LogP contribution is -1.91. The molecule has 0 spiro atoms. The first-order valence-corrected chi connectivity index (χ1v) is 10.6. The molecule has 0 amide bonds. The highest BCUT2D eigenvalue weighted by molar-refractivity contribution is 6.39. The van der Waals surface area contributed by atoms with Gasteiger partial charge in [-0.05, 0) is 102 Å². The van der Waals surface area contributed by atoms with E-state index in [4.69, 9.17) is 0 Å². The summed E-state index contributed by atoms with van der Waals surface area (Å²) in [6, 6.07) is 31.4. The third-order valence-electron chi connectivity index (χ3n) is 6.50. The van der Waals surface area contributed by atoms with Crippen LogP contribution in [0.2, 0.25) is 0 Å². The molecule has 6 aromatic rings. The van der Waals surface area contributed by atoms with Crippen LogP contribution >= 0.6 is 0 Å². The zero-order chi connectivity index (χ0) is 23.4. The number of nitriles is 4. The third-order valence-corrected chi connectivity index (χ3v) is 6.50. The summed E-state index contributed by atoms with van der Waals surface area (Å²) in [5, 5.41) is 47.7. The van der Waals surface area contributed by atoms with Crippen molar-refractivity contribution >= 4 is 53.9 Å². The van der Waals surface area contributed by atoms with Gasteiger partial charge in [0.25, 0.3) is 0 Å². The Balaban J connectivity index is 2.08. The average molecular weight is 428 g/mol. The number of fused-ring (bicyclic) bond motifs is 11. The Morgan fingerprint density at radius 2 is 0.559 bits per heavy atom. The van der Waals surface area contributed by atoms with Crippen molar-refractivity contribution in [2.75, 3.05) is 0 Å². The maximum Gasteiger partial charge on any atom is 0.0991 e. The van der Waals surface area contributed by atoms with E-state index in [-0.39, 0.29) is 0 Å². The minimum atomic E-state index is 0.539. The maximum atomic E-state index is 9.62. The Bertz CT molecular complexity index is 1760. The Kier molecular flexibility index (Phi) is 4.00. The molecule has 0 atom stereocenters. The van der Waals surface area contributed by atoms with Crippen molar-refractivity contribution in [2.45, 2.75) is 0 Å². The van der Waals surface area contributed by atoms with Crippen LogP contribution in [0.25, 0.3) is 53.9 Å². The molecule has 0 aliphatic carbocycles. The summed E-state index contributed by atoms with van der Waals surface area (Å²) in [4.78, 5) is 0. The van der Waals surface area contributed by atoms with Crippen LogP contribution in [0, 0.1) is 45.3 Å². The molecule has 0 heterocycles. The molecule has 34 heavy (non-hydrogen) atoms. The molecule has 0 unspecified atom stereocenters. The van der Waals surface area contributed by atoms with Gasteiger partial charge in [0.05, 0.1) is 46.5 Å². The van der Waals surface area contributed by atoms with Gasteiger partial charge in [-0.25, -0.2) is 0 Å². The first-order chi connectivity index (χ1) is 16.7. The second kappa shape index (κ2) is 7.05. The van der Waals surface area contributed by atoms with Gasteiger partial charge in [0.2, 0.25) is 0 Å². The summed E-state index contributed by atoms with van der Waals surface area (Å²) in [6.07, 6.45) is 0. The van der Waals surface area contributed by atoms with Crippen molar-refractivity contribution in [1.82, 2.24) is 0 Å². The van der Waals surface area contributed by atoms with Gasteiger partial charge in [0.15, 0.2) is 0 Å². The van der Waals surface area contributed by atoms with E-state index in [0.717, 1.165) is 53.9 Å². The molecule has 6 aromatic carbocycles. The van der Waals surface area contributed by atoms with Crippen LogP contribution in [0.3, 0.4) is 0 Å². The normalized spacial score (nSPS) is 10.8. The smallest absolute Gasteiger partial charge is 0.0991 e. The van der Waals surface area contributed by atoms with Gasteiger partial charge in [-0.1, -0.05) is 24.3 Å². The summed E-state index contributed by atoms with van der Waals surface area (Å²) in [5.74, 6) is 0. The van der Waals surface area contributed by atoms with Crippen LogP contribution in [0.1, 0.15) is 22.3 Å². The van der Waals surface area contributed by atoms with Crippen molar-refractivity contribution < 1.29 is 0 Å². The quantitative estimate of drug-likeness (QED) is 0.245. The SMILES string of the molecule is N#Cc1ccc2c3ccc(C#N)cc3c3c4cc(C#N)ccc4c4ccc(C#N)cc4c3c2c1. The monoisotopic (exact) mass is 428 g/mol. The van der Waals surface area contributed by atoms with E-state index in [9.17, 15) is 21.0 Å². The number of nitrogens with zero attached hydrogens (tertiary/aromatic N) is 4. The van der Waals surface area contributed by atoms with Crippen LogP contribution in [-0.4, -0.2) is 0 Å². The highest BCUT2D eigenvalue weighted by Crippen LogP contribution is 2.44. The predicted molar refractivity (Wildman–Crippen MR) is 133 cm³/mol. The molecule has 0 fully saturated rings. The lowest BCUT2D eigenvalue weighted by atomic mass is 9.85. The van der Waals surface area contributed by atoms with Gasteiger partial charge in [-0.3, -0.25) is 0 Å². The zero-order valence-corrected chi connectivity index (χ0v) is 17.7. The van der Waals surface area contributed by atoms with Crippen molar-refractivity contribution in [2.24, 2.45) is 0 Å². The summed E-state index contributed by atoms with van der Waals surface area (Å²) < 4.78 is 0. The van der Waals surface area contributed by atoms with Gasteiger partial charge in [-0.2, -0.15) is 21.0 Å². The van der Waals surface area contributed by atoms with E-state index in [1.807, 2.05) is 48.5 Å². The van der Waals surface area contributed by atoms with Crippen LogP contribution in [-0.2, 0) is 0 Å². The number of benzene rings is 6. The largest absolute Gasteiger partial charge is 0.192 e. The molecular formula is C30H12N4. The fourth-order valence-corrected chi connectivity index (χ4v) is 5.05. The van der Waals surface area contributed by atoms with Crippen molar-refractivity contribution in [3.8, 4) is 24.3 Å². The second-order valence-electron chi connectivity index (χ2n) is 8.24. The minimum absolute atomic E-state index is 0.539. The van der Waals surface area contributed by atoms with Gasteiger partial charge in [0, 0.05) is 0 Å². The Morgan fingerprint density at radius 1 is 0.324 bits per heavy atom. The molecule has 0 bridgehead atoms. The first kappa shape index (κ1) is 19.3. The molecule has 0 aliphatic heterocycles. The molecule has 0 aliphatic rings. The maximum absolute atomic E-state index is 9.62. The number of hydrogen-bond donors (Lipinski definition) is 0. The van der Waals surface area contributed by atoms with Crippen LogP contribution in [0.15, 0.2) is 72.8 Å². The van der Waals surface area contributed by atoms with Gasteiger partial charge in [-0.15, -0.1) is 0 Å². The van der Waals surface area contributed by atoms with Gasteiger partial charge in [0.1, 0.15) is 0 Å². The standard InChI is InChI=1S/C30H12N4/c31-13-17-1-5-21-22-6-2-18(14-32)10-26(22)30-28-12-20(16-34)4-8-24(28)23-7-3-19(15-33)11-27(23)29(30)25(21)9-17/h1-12H. The molecule has 0 aromatic heterocycles. The van der Waals surface area contributed by atoms with Crippen LogP contribution < -0.4 is 0 Å². The summed E-state index contributed by atoms with van der Waals surface area (Å²) in [6.45, 7) is 0. The molecule has 152 valence electrons. The molecule has 6 rings (SSSR count). The van der Waals surface area contributed by atoms with E-state index < -0.39 is 0 Å². The fourth-order valence-electron chi connectivity index (χ4n) is 5.05. The van der Waals surface area contributed by atoms with E-state index in [2.05, 4.69) is 24.3 Å². The van der Waals surface area contributed by atoms with Crippen molar-refractivity contribution in [3.05, 3.63) is 95.1 Å². The van der Waals surface area contributed by atoms with Crippen LogP contribution in [0.5, 0.6) is 0 Å². The van der Waals surface area contributed by atoms with Gasteiger partial charge >= 0.3 is 0 Å². The van der Waals surface area contributed by atoms with E-state index in [1.165, 1.54) is 0 Å². The lowest BCUT2D eigenvalue weighted by Gasteiger charge is -2.17. The molecule has 0 saturated carbocycles. The zero-order valence-electron chi connectivity index (χ0n) is 17.7. The Labute approximate surface area is 194 Å². The van der Waals surface area contributed by atoms with Gasteiger partial charge < -0.3 is 0 Å². The Morgan fingerprint density at radius 3 is 0.765 bits per heavy atom. The molecule has 4 nitrogen and oxygen atoms in total. The highest BCUT2D eigenvalue weighted by Gasteiger charge is 2.17. The topological polar surface area (TPSA) is 95.2 Å². The van der Waals surface area contributed by atoms with E-state index in [0.29, 0.717) is 22.3 Å². The van der Waals surface area contributed by atoms with E-state index in [1.54, 1.807) is 24.3 Å². The highest BCUT2D eigenvalue weighted by atomic mass is 14.3.